The Balaban J connectivity index is 1.69. The van der Waals surface area contributed by atoms with Crippen molar-refractivity contribution in [1.29, 1.82) is 0 Å². The van der Waals surface area contributed by atoms with E-state index in [4.69, 9.17) is 0 Å². The van der Waals surface area contributed by atoms with E-state index in [0.717, 1.165) is 17.5 Å². The molecule has 168 valence electrons. The number of hydrogen-bond acceptors (Lipinski definition) is 4. The molecule has 0 radical (unpaired) electrons. The van der Waals surface area contributed by atoms with Gasteiger partial charge in [-0.05, 0) is 43.2 Å². The topological polar surface area (TPSA) is 63.1 Å². The second-order valence-corrected chi connectivity index (χ2v) is 9.50. The van der Waals surface area contributed by atoms with Crippen LogP contribution in [0, 0.1) is 5.41 Å². The summed E-state index contributed by atoms with van der Waals surface area (Å²) in [7, 11) is 0. The Bertz CT molecular complexity index is 935. The van der Waals surface area contributed by atoms with Gasteiger partial charge in [0.1, 0.15) is 5.82 Å². The molecule has 9 heteroatoms. The fraction of sp³-hybridized carbons (Fsp3) is 0.591. The van der Waals surface area contributed by atoms with Gasteiger partial charge in [0.15, 0.2) is 6.04 Å². The van der Waals surface area contributed by atoms with Crippen LogP contribution in [0.4, 0.5) is 19.0 Å². The Morgan fingerprint density at radius 1 is 1.16 bits per heavy atom. The Labute approximate surface area is 179 Å². The van der Waals surface area contributed by atoms with Gasteiger partial charge in [0.2, 0.25) is 0 Å². The molecule has 1 fully saturated rings. The van der Waals surface area contributed by atoms with Gasteiger partial charge in [-0.3, -0.25) is 9.78 Å². The highest BCUT2D eigenvalue weighted by atomic mass is 19.4. The fourth-order valence-corrected chi connectivity index (χ4v) is 4.47. The van der Waals surface area contributed by atoms with Crippen molar-refractivity contribution in [3.63, 3.8) is 0 Å². The first kappa shape index (κ1) is 21.6. The maximum Gasteiger partial charge on any atom is 0.410 e. The minimum Gasteiger partial charge on any atom is -0.367 e. The first-order chi connectivity index (χ1) is 14.6. The Morgan fingerprint density at radius 2 is 1.87 bits per heavy atom. The third kappa shape index (κ3) is 4.27. The first-order valence-electron chi connectivity index (χ1n) is 10.7. The number of halogens is 3. The third-order valence-electron chi connectivity index (χ3n) is 6.29. The average molecular weight is 435 g/mol. The summed E-state index contributed by atoms with van der Waals surface area (Å²) < 4.78 is 42.8. The van der Waals surface area contributed by atoms with Crippen LogP contribution in [0.5, 0.6) is 0 Å². The molecule has 1 saturated heterocycles. The number of likely N-dealkylation sites (tertiary alicyclic amines) is 1. The number of piperidine rings is 1. The van der Waals surface area contributed by atoms with Crippen molar-refractivity contribution in [1.82, 2.24) is 19.7 Å². The lowest BCUT2D eigenvalue weighted by Crippen LogP contribution is -2.44. The highest BCUT2D eigenvalue weighted by Gasteiger charge is 2.48. The van der Waals surface area contributed by atoms with Gasteiger partial charge in [-0.15, -0.1) is 0 Å². The molecule has 0 bridgehead atoms. The van der Waals surface area contributed by atoms with E-state index in [9.17, 15) is 18.0 Å². The summed E-state index contributed by atoms with van der Waals surface area (Å²) in [4.78, 5) is 18.8. The Morgan fingerprint density at radius 3 is 2.52 bits per heavy atom. The molecule has 2 aliphatic rings. The van der Waals surface area contributed by atoms with Crippen LogP contribution in [0.2, 0.25) is 0 Å². The fourth-order valence-electron chi connectivity index (χ4n) is 4.47. The lowest BCUT2D eigenvalue weighted by molar-refractivity contribution is -0.175. The summed E-state index contributed by atoms with van der Waals surface area (Å²) in [6.45, 7) is 6.35. The molecule has 0 aliphatic carbocycles. The lowest BCUT2D eigenvalue weighted by Gasteiger charge is -2.39. The molecule has 4 rings (SSSR count). The van der Waals surface area contributed by atoms with E-state index in [0.29, 0.717) is 30.0 Å². The Hall–Kier alpha value is -2.58. The first-order valence-corrected chi connectivity index (χ1v) is 10.7. The predicted octanol–water partition coefficient (Wildman–Crippen LogP) is 4.98. The summed E-state index contributed by atoms with van der Waals surface area (Å²) in [5, 5.41) is 7.66. The summed E-state index contributed by atoms with van der Waals surface area (Å²) in [5.74, 6) is 0.219. The molecular formula is C22H28F3N5O. The van der Waals surface area contributed by atoms with Crippen LogP contribution in [0.3, 0.4) is 0 Å². The molecule has 1 amide bonds. The van der Waals surface area contributed by atoms with E-state index in [1.807, 2.05) is 20.8 Å². The number of amides is 1. The van der Waals surface area contributed by atoms with Gasteiger partial charge < -0.3 is 10.2 Å². The van der Waals surface area contributed by atoms with Crippen molar-refractivity contribution in [2.24, 2.45) is 5.41 Å². The van der Waals surface area contributed by atoms with Gasteiger partial charge in [0, 0.05) is 36.6 Å². The van der Waals surface area contributed by atoms with E-state index in [-0.39, 0.29) is 29.8 Å². The van der Waals surface area contributed by atoms with E-state index in [2.05, 4.69) is 15.4 Å². The van der Waals surface area contributed by atoms with Crippen molar-refractivity contribution < 1.29 is 18.0 Å². The van der Waals surface area contributed by atoms with Crippen LogP contribution in [0.25, 0.3) is 0 Å². The second-order valence-electron chi connectivity index (χ2n) is 9.50. The quantitative estimate of drug-likeness (QED) is 0.723. The number of rotatable bonds is 2. The molecule has 2 aliphatic heterocycles. The van der Waals surface area contributed by atoms with Gasteiger partial charge in [-0.1, -0.05) is 20.8 Å². The number of carbonyl (C=O) groups excluding carboxylic acids is 1. The molecule has 6 nitrogen and oxygen atoms in total. The average Bonchev–Trinajstić information content (AvgIpc) is 3.16. The van der Waals surface area contributed by atoms with Gasteiger partial charge in [0.05, 0.1) is 11.7 Å². The van der Waals surface area contributed by atoms with Crippen LogP contribution in [-0.2, 0) is 0 Å². The SMILES string of the molecule is CC(C)(C)[C@@H]1C[C@H](C(F)(F)F)n2nc(C3CCCCN3C(=O)c3ccncc3)cc2N1. The molecule has 0 saturated carbocycles. The van der Waals surface area contributed by atoms with E-state index in [1.54, 1.807) is 35.5 Å². The molecule has 4 heterocycles. The molecule has 0 spiro atoms. The van der Waals surface area contributed by atoms with Crippen molar-refractivity contribution in [3.05, 3.63) is 41.9 Å². The standard InChI is InChI=1S/C22H28F3N5O/c1-21(2,3)17-13-18(22(23,24)25)30-19(27-17)12-15(28-30)16-6-4-5-11-29(16)20(31)14-7-9-26-10-8-14/h7-10,12,16-18,27H,4-6,11,13H2,1-3H3/t16?,17-,18+/m0/s1. The lowest BCUT2D eigenvalue weighted by atomic mass is 9.82. The summed E-state index contributed by atoms with van der Waals surface area (Å²) >= 11 is 0. The maximum atomic E-state index is 13.9. The van der Waals surface area contributed by atoms with Gasteiger partial charge in [0.25, 0.3) is 5.91 Å². The molecule has 0 aromatic carbocycles. The number of aromatic nitrogens is 3. The molecule has 1 N–H and O–H groups in total. The number of fused-ring (bicyclic) bond motifs is 1. The van der Waals surface area contributed by atoms with Crippen molar-refractivity contribution in [2.75, 3.05) is 11.9 Å². The predicted molar refractivity (Wildman–Crippen MR) is 111 cm³/mol. The van der Waals surface area contributed by atoms with Gasteiger partial charge in [-0.25, -0.2) is 4.68 Å². The Kier molecular flexibility index (Phi) is 5.47. The van der Waals surface area contributed by atoms with Gasteiger partial charge in [-0.2, -0.15) is 18.3 Å². The number of alkyl halides is 3. The normalized spacial score (nSPS) is 24.5. The highest BCUT2D eigenvalue weighted by Crippen LogP contribution is 2.44. The van der Waals surface area contributed by atoms with E-state index < -0.39 is 12.2 Å². The molecule has 31 heavy (non-hydrogen) atoms. The number of hydrogen-bond donors (Lipinski definition) is 1. The molecule has 3 atom stereocenters. The summed E-state index contributed by atoms with van der Waals surface area (Å²) in [6, 6.07) is 2.63. The van der Waals surface area contributed by atoms with Crippen molar-refractivity contribution in [2.45, 2.75) is 70.8 Å². The number of carbonyl (C=O) groups is 1. The van der Waals surface area contributed by atoms with Crippen molar-refractivity contribution >= 4 is 11.7 Å². The zero-order valence-corrected chi connectivity index (χ0v) is 18.0. The summed E-state index contributed by atoms with van der Waals surface area (Å²) in [6.07, 6.45) is 1.07. The minimum absolute atomic E-state index is 0.0779. The smallest absolute Gasteiger partial charge is 0.367 e. The van der Waals surface area contributed by atoms with E-state index >= 15 is 0 Å². The second kappa shape index (κ2) is 7.84. The largest absolute Gasteiger partial charge is 0.410 e. The summed E-state index contributed by atoms with van der Waals surface area (Å²) in [5.41, 5.74) is 0.686. The van der Waals surface area contributed by atoms with Crippen LogP contribution in [0.1, 0.15) is 74.6 Å². The number of nitrogens with zero attached hydrogens (tertiary/aromatic N) is 4. The molecular weight excluding hydrogens is 407 g/mol. The minimum atomic E-state index is -4.40. The third-order valence-corrected chi connectivity index (χ3v) is 6.29. The van der Waals surface area contributed by atoms with Crippen LogP contribution in [-0.4, -0.2) is 44.3 Å². The zero-order chi connectivity index (χ0) is 22.4. The van der Waals surface area contributed by atoms with E-state index in [1.165, 1.54) is 0 Å². The van der Waals surface area contributed by atoms with Crippen LogP contribution < -0.4 is 5.32 Å². The molecule has 1 unspecified atom stereocenters. The number of nitrogens with one attached hydrogen (secondary N) is 1. The number of anilines is 1. The highest BCUT2D eigenvalue weighted by molar-refractivity contribution is 5.94. The van der Waals surface area contributed by atoms with Crippen molar-refractivity contribution in [3.8, 4) is 0 Å². The van der Waals surface area contributed by atoms with Crippen LogP contribution in [0.15, 0.2) is 30.6 Å². The number of pyridine rings is 1. The zero-order valence-electron chi connectivity index (χ0n) is 18.0. The molecule has 2 aromatic rings. The van der Waals surface area contributed by atoms with Gasteiger partial charge >= 0.3 is 6.18 Å². The molecule has 2 aromatic heterocycles. The maximum absolute atomic E-state index is 13.9. The van der Waals surface area contributed by atoms with Crippen LogP contribution >= 0.6 is 0 Å². The monoisotopic (exact) mass is 435 g/mol.